The van der Waals surface area contributed by atoms with Gasteiger partial charge in [0.2, 0.25) is 5.89 Å². The van der Waals surface area contributed by atoms with E-state index in [1.165, 1.54) is 24.3 Å². The van der Waals surface area contributed by atoms with E-state index in [2.05, 4.69) is 10.2 Å². The number of hydrogen-bond donors (Lipinski definition) is 0. The van der Waals surface area contributed by atoms with E-state index in [4.69, 9.17) is 20.8 Å². The molecule has 9 heteroatoms. The summed E-state index contributed by atoms with van der Waals surface area (Å²) in [5.41, 5.74) is 2.00. The highest BCUT2D eigenvalue weighted by molar-refractivity contribution is 6.34. The average molecular weight is 460 g/mol. The van der Waals surface area contributed by atoms with Crippen LogP contribution in [0.3, 0.4) is 0 Å². The van der Waals surface area contributed by atoms with Crippen molar-refractivity contribution < 1.29 is 23.5 Å². The molecular weight excluding hydrogens is 446 g/mol. The lowest BCUT2D eigenvalue weighted by Gasteiger charge is -2.14. The summed E-state index contributed by atoms with van der Waals surface area (Å²) in [6.07, 6.45) is 0. The number of nitrogens with zero attached hydrogens (tertiary/aromatic N) is 3. The number of imide groups is 1. The van der Waals surface area contributed by atoms with Gasteiger partial charge in [0.25, 0.3) is 17.7 Å². The van der Waals surface area contributed by atoms with Crippen LogP contribution in [0, 0.1) is 0 Å². The van der Waals surface area contributed by atoms with Crippen LogP contribution in [0.4, 0.5) is 5.69 Å². The number of benzene rings is 3. The van der Waals surface area contributed by atoms with Crippen molar-refractivity contribution in [3.05, 3.63) is 100 Å². The fourth-order valence-electron chi connectivity index (χ4n) is 3.40. The third kappa shape index (κ3) is 3.88. The summed E-state index contributed by atoms with van der Waals surface area (Å²) < 4.78 is 10.7. The second-order valence-electron chi connectivity index (χ2n) is 7.12. The molecule has 4 aromatic rings. The zero-order valence-electron chi connectivity index (χ0n) is 16.9. The number of amides is 2. The van der Waals surface area contributed by atoms with Gasteiger partial charge in [-0.05, 0) is 60.7 Å². The van der Waals surface area contributed by atoms with Crippen LogP contribution in [-0.2, 0) is 11.3 Å². The van der Waals surface area contributed by atoms with Crippen molar-refractivity contribution in [2.24, 2.45) is 0 Å². The van der Waals surface area contributed by atoms with E-state index in [1.54, 1.807) is 48.5 Å². The van der Waals surface area contributed by atoms with Crippen molar-refractivity contribution in [3.8, 4) is 11.5 Å². The standard InChI is InChI=1S/C24H14ClN3O5/c25-16-9-5-14(6-10-16)21-27-26-20(33-21)13-32-24(31)15-7-11-17(12-8-15)28-22(29)18-3-1-2-4-19(18)23(28)30/h1-12H,13H2. The minimum Gasteiger partial charge on any atom is -0.452 e. The number of ether oxygens (including phenoxy) is 1. The summed E-state index contributed by atoms with van der Waals surface area (Å²) in [7, 11) is 0. The Morgan fingerprint density at radius 2 is 1.52 bits per heavy atom. The summed E-state index contributed by atoms with van der Waals surface area (Å²) in [5, 5.41) is 8.39. The third-order valence-corrected chi connectivity index (χ3v) is 5.29. The van der Waals surface area contributed by atoms with E-state index < -0.39 is 17.8 Å². The van der Waals surface area contributed by atoms with Crippen molar-refractivity contribution in [3.63, 3.8) is 0 Å². The van der Waals surface area contributed by atoms with Gasteiger partial charge >= 0.3 is 5.97 Å². The second-order valence-corrected chi connectivity index (χ2v) is 7.56. The smallest absolute Gasteiger partial charge is 0.338 e. The molecule has 162 valence electrons. The van der Waals surface area contributed by atoms with Crippen LogP contribution in [0.2, 0.25) is 5.02 Å². The summed E-state index contributed by atoms with van der Waals surface area (Å²) >= 11 is 5.87. The Labute approximate surface area is 192 Å². The normalized spacial score (nSPS) is 12.7. The van der Waals surface area contributed by atoms with Crippen molar-refractivity contribution in [1.29, 1.82) is 0 Å². The number of fused-ring (bicyclic) bond motifs is 1. The molecule has 0 radical (unpaired) electrons. The predicted molar refractivity (Wildman–Crippen MR) is 118 cm³/mol. The summed E-state index contributed by atoms with van der Waals surface area (Å²) in [6.45, 7) is -0.209. The van der Waals surface area contributed by atoms with Gasteiger partial charge in [0.05, 0.1) is 22.4 Å². The number of hydrogen-bond acceptors (Lipinski definition) is 7. The molecular formula is C24H14ClN3O5. The highest BCUT2D eigenvalue weighted by Gasteiger charge is 2.36. The first-order valence-corrected chi connectivity index (χ1v) is 10.2. The van der Waals surface area contributed by atoms with E-state index >= 15 is 0 Å². The van der Waals surface area contributed by atoms with Gasteiger partial charge in [-0.2, -0.15) is 0 Å². The van der Waals surface area contributed by atoms with Crippen LogP contribution in [0.5, 0.6) is 0 Å². The van der Waals surface area contributed by atoms with E-state index in [0.29, 0.717) is 27.4 Å². The SMILES string of the molecule is O=C(OCc1nnc(-c2ccc(Cl)cc2)o1)c1ccc(N2C(=O)c3ccccc3C2=O)cc1. The number of carbonyl (C=O) groups is 3. The van der Waals surface area contributed by atoms with Crippen molar-refractivity contribution in [2.75, 3.05) is 4.90 Å². The maximum atomic E-state index is 12.6. The number of aromatic nitrogens is 2. The summed E-state index contributed by atoms with van der Waals surface area (Å²) in [5.74, 6) is -1.01. The molecule has 0 unspecified atom stereocenters. The van der Waals surface area contributed by atoms with Crippen LogP contribution in [0.15, 0.2) is 77.2 Å². The fourth-order valence-corrected chi connectivity index (χ4v) is 3.53. The van der Waals surface area contributed by atoms with Crippen LogP contribution < -0.4 is 4.90 Å². The molecule has 2 heterocycles. The van der Waals surface area contributed by atoms with Gasteiger partial charge in [0, 0.05) is 10.6 Å². The first kappa shape index (κ1) is 20.6. The molecule has 0 atom stereocenters. The zero-order valence-corrected chi connectivity index (χ0v) is 17.7. The van der Waals surface area contributed by atoms with Gasteiger partial charge in [-0.1, -0.05) is 23.7 Å². The third-order valence-electron chi connectivity index (χ3n) is 5.04. The zero-order chi connectivity index (χ0) is 22.9. The maximum Gasteiger partial charge on any atom is 0.338 e. The maximum absolute atomic E-state index is 12.6. The molecule has 0 bridgehead atoms. The lowest BCUT2D eigenvalue weighted by atomic mass is 10.1. The predicted octanol–water partition coefficient (Wildman–Crippen LogP) is 4.55. The molecule has 1 aliphatic rings. The van der Waals surface area contributed by atoms with E-state index in [9.17, 15) is 14.4 Å². The Morgan fingerprint density at radius 3 is 2.15 bits per heavy atom. The number of halogens is 1. The van der Waals surface area contributed by atoms with Gasteiger partial charge in [-0.15, -0.1) is 10.2 Å². The first-order valence-electron chi connectivity index (χ1n) is 9.84. The molecule has 1 aliphatic heterocycles. The van der Waals surface area contributed by atoms with Crippen LogP contribution in [-0.4, -0.2) is 28.0 Å². The molecule has 0 spiro atoms. The number of carbonyl (C=O) groups excluding carboxylic acids is 3. The molecule has 0 saturated carbocycles. The van der Waals surface area contributed by atoms with Gasteiger partial charge < -0.3 is 9.15 Å². The second kappa shape index (κ2) is 8.33. The summed E-state index contributed by atoms with van der Waals surface area (Å²) in [6, 6.07) is 19.5. The van der Waals surface area contributed by atoms with E-state index in [1.807, 2.05) is 0 Å². The molecule has 33 heavy (non-hydrogen) atoms. The van der Waals surface area contributed by atoms with Crippen LogP contribution in [0.1, 0.15) is 37.0 Å². The van der Waals surface area contributed by atoms with Gasteiger partial charge in [0.1, 0.15) is 0 Å². The average Bonchev–Trinajstić information content (AvgIpc) is 3.41. The van der Waals surface area contributed by atoms with E-state index in [-0.39, 0.29) is 24.0 Å². The Balaban J connectivity index is 1.24. The van der Waals surface area contributed by atoms with Crippen molar-refractivity contribution in [1.82, 2.24) is 10.2 Å². The van der Waals surface area contributed by atoms with Crippen molar-refractivity contribution in [2.45, 2.75) is 6.61 Å². The Morgan fingerprint density at radius 1 is 0.879 bits per heavy atom. The number of anilines is 1. The quantitative estimate of drug-likeness (QED) is 0.318. The Bertz CT molecular complexity index is 1340. The van der Waals surface area contributed by atoms with E-state index in [0.717, 1.165) is 4.90 Å². The van der Waals surface area contributed by atoms with Crippen LogP contribution in [0.25, 0.3) is 11.5 Å². The van der Waals surface area contributed by atoms with Gasteiger partial charge in [0.15, 0.2) is 6.61 Å². The molecule has 2 amide bonds. The molecule has 5 rings (SSSR count). The molecule has 0 N–H and O–H groups in total. The molecule has 0 aliphatic carbocycles. The summed E-state index contributed by atoms with van der Waals surface area (Å²) in [4.78, 5) is 38.7. The number of rotatable bonds is 5. The molecule has 1 aromatic heterocycles. The molecule has 8 nitrogen and oxygen atoms in total. The van der Waals surface area contributed by atoms with Crippen molar-refractivity contribution >= 4 is 35.1 Å². The topological polar surface area (TPSA) is 103 Å². The highest BCUT2D eigenvalue weighted by Crippen LogP contribution is 2.28. The minimum atomic E-state index is -0.616. The largest absolute Gasteiger partial charge is 0.452 e. The van der Waals surface area contributed by atoms with Crippen LogP contribution >= 0.6 is 11.6 Å². The Hall–Kier alpha value is -4.30. The fraction of sp³-hybridized carbons (Fsp3) is 0.0417. The Kier molecular flexibility index (Phi) is 5.20. The van der Waals surface area contributed by atoms with Gasteiger partial charge in [-0.25, -0.2) is 9.69 Å². The highest BCUT2D eigenvalue weighted by atomic mass is 35.5. The lowest BCUT2D eigenvalue weighted by molar-refractivity contribution is 0.0438. The monoisotopic (exact) mass is 459 g/mol. The first-order chi connectivity index (χ1) is 16.0. The number of esters is 1. The van der Waals surface area contributed by atoms with Gasteiger partial charge in [-0.3, -0.25) is 9.59 Å². The molecule has 3 aromatic carbocycles. The lowest BCUT2D eigenvalue weighted by Crippen LogP contribution is -2.29. The molecule has 0 saturated heterocycles. The minimum absolute atomic E-state index is 0.135. The molecule has 0 fully saturated rings.